The third-order valence-corrected chi connectivity index (χ3v) is 9.05. The molecule has 1 aliphatic heterocycles. The highest BCUT2D eigenvalue weighted by atomic mass is 16.6. The predicted molar refractivity (Wildman–Crippen MR) is 130 cm³/mol. The van der Waals surface area contributed by atoms with Gasteiger partial charge < -0.3 is 19.5 Å². The first-order valence-electron chi connectivity index (χ1n) is 12.9. The third-order valence-electron chi connectivity index (χ3n) is 9.05. The zero-order valence-electron chi connectivity index (χ0n) is 19.8. The van der Waals surface area contributed by atoms with Gasteiger partial charge in [-0.05, 0) is 87.8 Å². The average Bonchev–Trinajstić information content (AvgIpc) is 3.24. The molecule has 1 aromatic carbocycles. The molecule has 1 aromatic heterocycles. The van der Waals surface area contributed by atoms with Gasteiger partial charge in [0.05, 0.1) is 12.0 Å². The molecular formula is C27H33N3O4. The van der Waals surface area contributed by atoms with Gasteiger partial charge in [-0.15, -0.1) is 0 Å². The van der Waals surface area contributed by atoms with Gasteiger partial charge in [-0.2, -0.15) is 0 Å². The van der Waals surface area contributed by atoms with E-state index < -0.39 is 0 Å². The van der Waals surface area contributed by atoms with Crippen molar-refractivity contribution >= 4 is 28.5 Å². The van der Waals surface area contributed by atoms with Crippen LogP contribution in [0.5, 0.6) is 0 Å². The molecule has 5 aliphatic rings. The Labute approximate surface area is 199 Å². The van der Waals surface area contributed by atoms with Crippen molar-refractivity contribution < 1.29 is 14.3 Å². The Morgan fingerprint density at radius 3 is 2.50 bits per heavy atom. The zero-order valence-corrected chi connectivity index (χ0v) is 19.8. The molecule has 7 heteroatoms. The SMILES string of the molecule is CCOC(=O)N1CCC(n2ccc3c(NC(=O)[C@@]45C[C@@H]6C[C@@H](C[C@@H]4C6)C5)cccc3c2=O)CC1. The zero-order chi connectivity index (χ0) is 23.4. The predicted octanol–water partition coefficient (Wildman–Crippen LogP) is 4.56. The van der Waals surface area contributed by atoms with Gasteiger partial charge in [0, 0.05) is 41.8 Å². The van der Waals surface area contributed by atoms with Gasteiger partial charge in [-0.25, -0.2) is 4.79 Å². The van der Waals surface area contributed by atoms with E-state index in [-0.39, 0.29) is 29.0 Å². The van der Waals surface area contributed by atoms with Crippen LogP contribution in [0, 0.1) is 23.2 Å². The molecule has 0 unspecified atom stereocenters. The maximum absolute atomic E-state index is 13.5. The largest absolute Gasteiger partial charge is 0.450 e. The van der Waals surface area contributed by atoms with Crippen LogP contribution in [0.2, 0.25) is 0 Å². The smallest absolute Gasteiger partial charge is 0.409 e. The summed E-state index contributed by atoms with van der Waals surface area (Å²) in [6.45, 7) is 3.33. The molecule has 34 heavy (non-hydrogen) atoms. The highest BCUT2D eigenvalue weighted by Gasteiger charge is 2.61. The van der Waals surface area contributed by atoms with Crippen LogP contribution < -0.4 is 10.9 Å². The van der Waals surface area contributed by atoms with Gasteiger partial charge in [0.25, 0.3) is 5.56 Å². The van der Waals surface area contributed by atoms with Gasteiger partial charge in [-0.1, -0.05) is 6.07 Å². The standard InChI is InChI=1S/C27H33N3O4/c1-2-34-26(33)29-9-6-20(7-10-29)30-11-8-21-22(24(30)31)4-3-5-23(21)28-25(32)27-15-17-12-18(16-27)14-19(27)13-17/h3-5,8,11,17-20H,2,6-7,9-10,12-16H2,1H3,(H,28,32)/t17-,18+,19+,27-. The molecule has 5 fully saturated rings. The Hall–Kier alpha value is -2.83. The van der Waals surface area contributed by atoms with Gasteiger partial charge in [0.15, 0.2) is 0 Å². The minimum absolute atomic E-state index is 0.0396. The van der Waals surface area contributed by atoms with Crippen LogP contribution in [0.15, 0.2) is 35.3 Å². The first-order valence-corrected chi connectivity index (χ1v) is 12.9. The summed E-state index contributed by atoms with van der Waals surface area (Å²) in [5.41, 5.74) is 0.504. The number of carbonyl (C=O) groups excluding carboxylic acids is 2. The Morgan fingerprint density at radius 1 is 1.06 bits per heavy atom. The normalized spacial score (nSPS) is 30.1. The van der Waals surface area contributed by atoms with Crippen molar-refractivity contribution in [3.05, 3.63) is 40.8 Å². The molecule has 4 atom stereocenters. The number of aromatic nitrogens is 1. The quantitative estimate of drug-likeness (QED) is 0.721. The first kappa shape index (κ1) is 21.7. The number of hydrogen-bond acceptors (Lipinski definition) is 4. The monoisotopic (exact) mass is 463 g/mol. The number of anilines is 1. The Bertz CT molecular complexity index is 1180. The molecule has 2 aromatic rings. The summed E-state index contributed by atoms with van der Waals surface area (Å²) in [6, 6.07) is 7.63. The first-order chi connectivity index (χ1) is 16.5. The van der Waals surface area contributed by atoms with Crippen molar-refractivity contribution in [2.75, 3.05) is 25.0 Å². The number of nitrogens with one attached hydrogen (secondary N) is 1. The van der Waals surface area contributed by atoms with Crippen LogP contribution in [0.25, 0.3) is 10.8 Å². The van der Waals surface area contributed by atoms with E-state index in [0.717, 1.165) is 35.8 Å². The summed E-state index contributed by atoms with van der Waals surface area (Å²) in [5.74, 6) is 2.13. The van der Waals surface area contributed by atoms with E-state index in [0.29, 0.717) is 43.8 Å². The average molecular weight is 464 g/mol. The second-order valence-electron chi connectivity index (χ2n) is 10.9. The molecule has 1 N–H and O–H groups in total. The molecule has 0 spiro atoms. The van der Waals surface area contributed by atoms with Crippen LogP contribution in [-0.4, -0.2) is 41.2 Å². The van der Waals surface area contributed by atoms with Gasteiger partial charge in [0.1, 0.15) is 0 Å². The van der Waals surface area contributed by atoms with Gasteiger partial charge in [0.2, 0.25) is 5.91 Å². The fourth-order valence-electron chi connectivity index (χ4n) is 7.64. The molecule has 7 nitrogen and oxygen atoms in total. The Balaban J connectivity index is 1.23. The third kappa shape index (κ3) is 3.35. The molecule has 2 heterocycles. The van der Waals surface area contributed by atoms with E-state index >= 15 is 0 Å². The number of hydrogen-bond donors (Lipinski definition) is 1. The van der Waals surface area contributed by atoms with Crippen LogP contribution in [0.1, 0.15) is 57.9 Å². The molecular weight excluding hydrogens is 430 g/mol. The highest BCUT2D eigenvalue weighted by Crippen LogP contribution is 2.65. The number of piperidine rings is 1. The van der Waals surface area contributed by atoms with Crippen LogP contribution >= 0.6 is 0 Å². The van der Waals surface area contributed by atoms with E-state index in [9.17, 15) is 14.4 Å². The number of fused-ring (bicyclic) bond motifs is 1. The van der Waals surface area contributed by atoms with Crippen molar-refractivity contribution in [2.24, 2.45) is 23.2 Å². The molecule has 4 saturated carbocycles. The Kier molecular flexibility index (Phi) is 5.19. The van der Waals surface area contributed by atoms with Gasteiger partial charge >= 0.3 is 6.09 Å². The number of nitrogens with zero attached hydrogens (tertiary/aromatic N) is 2. The van der Waals surface area contributed by atoms with Crippen molar-refractivity contribution in [3.8, 4) is 0 Å². The fourth-order valence-corrected chi connectivity index (χ4v) is 7.64. The van der Waals surface area contributed by atoms with E-state index in [2.05, 4.69) is 5.32 Å². The van der Waals surface area contributed by atoms with E-state index in [4.69, 9.17) is 4.74 Å². The lowest BCUT2D eigenvalue weighted by Gasteiger charge is -2.32. The van der Waals surface area contributed by atoms with E-state index in [1.807, 2.05) is 30.5 Å². The van der Waals surface area contributed by atoms with Crippen molar-refractivity contribution in [1.82, 2.24) is 9.47 Å². The number of ether oxygens (including phenoxy) is 1. The second-order valence-corrected chi connectivity index (χ2v) is 10.9. The second kappa shape index (κ2) is 8.14. The lowest BCUT2D eigenvalue weighted by Crippen LogP contribution is -2.41. The van der Waals surface area contributed by atoms with Gasteiger partial charge in [-0.3, -0.25) is 9.59 Å². The summed E-state index contributed by atoms with van der Waals surface area (Å²) >= 11 is 0. The topological polar surface area (TPSA) is 80.6 Å². The minimum Gasteiger partial charge on any atom is -0.450 e. The minimum atomic E-state index is -0.282. The number of amides is 2. The molecule has 2 amide bonds. The number of rotatable bonds is 4. The van der Waals surface area contributed by atoms with Crippen LogP contribution in [0.3, 0.4) is 0 Å². The molecule has 1 saturated heterocycles. The number of benzene rings is 1. The summed E-state index contributed by atoms with van der Waals surface area (Å²) in [6.07, 6.45) is 8.78. The van der Waals surface area contributed by atoms with Crippen molar-refractivity contribution in [1.29, 1.82) is 0 Å². The summed E-state index contributed by atoms with van der Waals surface area (Å²) in [4.78, 5) is 40.6. The molecule has 7 rings (SSSR count). The number of likely N-dealkylation sites (tertiary alicyclic amines) is 1. The van der Waals surface area contributed by atoms with E-state index in [1.54, 1.807) is 16.4 Å². The lowest BCUT2D eigenvalue weighted by atomic mass is 9.75. The fraction of sp³-hybridized carbons (Fsp3) is 0.593. The van der Waals surface area contributed by atoms with Crippen molar-refractivity contribution in [2.45, 2.75) is 57.9 Å². The number of carbonyl (C=O) groups is 2. The van der Waals surface area contributed by atoms with E-state index in [1.165, 1.54) is 19.3 Å². The summed E-state index contributed by atoms with van der Waals surface area (Å²) in [7, 11) is 0. The molecule has 4 bridgehead atoms. The summed E-state index contributed by atoms with van der Waals surface area (Å²) < 4.78 is 6.90. The van der Waals surface area contributed by atoms with Crippen molar-refractivity contribution in [3.63, 3.8) is 0 Å². The molecule has 180 valence electrons. The maximum atomic E-state index is 13.5. The molecule has 0 radical (unpaired) electrons. The van der Waals surface area contributed by atoms with Crippen LogP contribution in [-0.2, 0) is 9.53 Å². The highest BCUT2D eigenvalue weighted by molar-refractivity contribution is 6.04. The Morgan fingerprint density at radius 2 is 1.79 bits per heavy atom. The molecule has 4 aliphatic carbocycles. The lowest BCUT2D eigenvalue weighted by molar-refractivity contribution is -0.127. The maximum Gasteiger partial charge on any atom is 0.409 e. The summed E-state index contributed by atoms with van der Waals surface area (Å²) in [5, 5.41) is 4.67. The number of pyridine rings is 1. The van der Waals surface area contributed by atoms with Crippen LogP contribution in [0.4, 0.5) is 10.5 Å².